The predicted molar refractivity (Wildman–Crippen MR) is 43.1 cm³/mol. The fraction of sp³-hybridized carbons (Fsp3) is 0.714. The first-order valence-electron chi connectivity index (χ1n) is 4.01. The van der Waals surface area contributed by atoms with Crippen molar-refractivity contribution in [2.75, 3.05) is 6.54 Å². The van der Waals surface area contributed by atoms with Crippen LogP contribution in [0.1, 0.15) is 19.3 Å². The highest BCUT2D eigenvalue weighted by atomic mass is 16.4. The highest BCUT2D eigenvalue weighted by molar-refractivity contribution is 5.83. The van der Waals surface area contributed by atoms with Crippen LogP contribution in [0.5, 0.6) is 0 Å². The second-order valence-electron chi connectivity index (χ2n) is 3.12. The summed E-state index contributed by atoms with van der Waals surface area (Å²) in [4.78, 5) is 22.2. The smallest absolute Gasteiger partial charge is 0.409 e. The summed E-state index contributed by atoms with van der Waals surface area (Å²) in [6.07, 6.45) is 0.212. The fourth-order valence-electron chi connectivity index (χ4n) is 1.49. The zero-order valence-corrected chi connectivity index (χ0v) is 7.06. The standard InChI is InChI=1S/C7H12N2O4/c8-7(5(10)11)3-1-2-4-9(7)6(12)13/h1-4,8H2,(H,10,11)(H,12,13)/t7-/m1/s1. The monoisotopic (exact) mass is 188 g/mol. The lowest BCUT2D eigenvalue weighted by atomic mass is 9.96. The molecule has 1 atom stereocenters. The van der Waals surface area contributed by atoms with Gasteiger partial charge in [-0.3, -0.25) is 10.6 Å². The largest absolute Gasteiger partial charge is 0.478 e. The average molecular weight is 188 g/mol. The number of likely N-dealkylation sites (tertiary alicyclic amines) is 1. The first-order valence-corrected chi connectivity index (χ1v) is 4.01. The summed E-state index contributed by atoms with van der Waals surface area (Å²) in [5.74, 6) is -1.28. The van der Waals surface area contributed by atoms with Gasteiger partial charge in [-0.15, -0.1) is 0 Å². The van der Waals surface area contributed by atoms with Crippen molar-refractivity contribution in [3.05, 3.63) is 0 Å². The van der Waals surface area contributed by atoms with Crippen molar-refractivity contribution < 1.29 is 19.8 Å². The highest BCUT2D eigenvalue weighted by Crippen LogP contribution is 2.23. The molecule has 1 saturated heterocycles. The van der Waals surface area contributed by atoms with Crippen LogP contribution in [0.4, 0.5) is 4.79 Å². The van der Waals surface area contributed by atoms with Gasteiger partial charge in [0.2, 0.25) is 0 Å². The summed E-state index contributed by atoms with van der Waals surface area (Å²) in [6, 6.07) is 0. The summed E-state index contributed by atoms with van der Waals surface area (Å²) < 4.78 is 0. The van der Waals surface area contributed by atoms with Crippen molar-refractivity contribution in [2.45, 2.75) is 24.9 Å². The Balaban J connectivity index is 2.89. The molecule has 0 aliphatic carbocycles. The number of carboxylic acids is 1. The third-order valence-corrected chi connectivity index (χ3v) is 2.27. The Bertz CT molecular complexity index is 243. The Morgan fingerprint density at radius 2 is 1.92 bits per heavy atom. The van der Waals surface area contributed by atoms with E-state index >= 15 is 0 Å². The van der Waals surface area contributed by atoms with Crippen LogP contribution in [0.2, 0.25) is 0 Å². The zero-order chi connectivity index (χ0) is 10.1. The van der Waals surface area contributed by atoms with Crippen molar-refractivity contribution in [2.24, 2.45) is 5.73 Å². The van der Waals surface area contributed by atoms with Gasteiger partial charge in [0.25, 0.3) is 0 Å². The Morgan fingerprint density at radius 3 is 2.31 bits per heavy atom. The van der Waals surface area contributed by atoms with E-state index in [-0.39, 0.29) is 13.0 Å². The summed E-state index contributed by atoms with van der Waals surface area (Å²) in [6.45, 7) is 0.193. The molecule has 0 unspecified atom stereocenters. The topological polar surface area (TPSA) is 104 Å². The zero-order valence-electron chi connectivity index (χ0n) is 7.06. The van der Waals surface area contributed by atoms with Gasteiger partial charge in [-0.05, 0) is 19.3 Å². The van der Waals surface area contributed by atoms with E-state index < -0.39 is 17.7 Å². The van der Waals surface area contributed by atoms with Gasteiger partial charge in [0.05, 0.1) is 0 Å². The van der Waals surface area contributed by atoms with E-state index in [1.54, 1.807) is 0 Å². The molecule has 1 aliphatic rings. The van der Waals surface area contributed by atoms with E-state index in [0.717, 1.165) is 4.90 Å². The molecule has 0 aromatic carbocycles. The van der Waals surface area contributed by atoms with Gasteiger partial charge in [0.15, 0.2) is 5.66 Å². The van der Waals surface area contributed by atoms with Crippen molar-refractivity contribution in [1.29, 1.82) is 0 Å². The van der Waals surface area contributed by atoms with Crippen molar-refractivity contribution >= 4 is 12.1 Å². The second kappa shape index (κ2) is 3.21. The van der Waals surface area contributed by atoms with Gasteiger partial charge in [-0.2, -0.15) is 0 Å². The number of carbonyl (C=O) groups is 2. The SMILES string of the molecule is N[C@]1(C(=O)O)CCCCN1C(=O)O. The van der Waals surface area contributed by atoms with Gasteiger partial charge in [-0.1, -0.05) is 0 Å². The van der Waals surface area contributed by atoms with Crippen molar-refractivity contribution in [3.8, 4) is 0 Å². The highest BCUT2D eigenvalue weighted by Gasteiger charge is 2.44. The molecule has 13 heavy (non-hydrogen) atoms. The van der Waals surface area contributed by atoms with Gasteiger partial charge >= 0.3 is 12.1 Å². The van der Waals surface area contributed by atoms with E-state index in [1.807, 2.05) is 0 Å². The first-order chi connectivity index (χ1) is 5.98. The number of amides is 1. The third kappa shape index (κ3) is 1.57. The molecule has 1 aliphatic heterocycles. The number of rotatable bonds is 1. The van der Waals surface area contributed by atoms with Crippen LogP contribution in [-0.2, 0) is 4.79 Å². The van der Waals surface area contributed by atoms with Crippen molar-refractivity contribution in [1.82, 2.24) is 4.90 Å². The summed E-state index contributed by atoms with van der Waals surface area (Å²) >= 11 is 0. The maximum atomic E-state index is 10.8. The summed E-state index contributed by atoms with van der Waals surface area (Å²) in [5.41, 5.74) is 3.76. The summed E-state index contributed by atoms with van der Waals surface area (Å²) in [7, 11) is 0. The molecule has 0 saturated carbocycles. The Kier molecular flexibility index (Phi) is 2.42. The Hall–Kier alpha value is -1.30. The number of hydrogen-bond donors (Lipinski definition) is 3. The lowest BCUT2D eigenvalue weighted by Crippen LogP contribution is -2.65. The number of nitrogens with zero attached hydrogens (tertiary/aromatic N) is 1. The van der Waals surface area contributed by atoms with E-state index in [2.05, 4.69) is 0 Å². The number of aliphatic carboxylic acids is 1. The van der Waals surface area contributed by atoms with E-state index in [9.17, 15) is 9.59 Å². The molecule has 74 valence electrons. The molecule has 0 spiro atoms. The van der Waals surface area contributed by atoms with Crippen LogP contribution in [0.25, 0.3) is 0 Å². The number of hydrogen-bond acceptors (Lipinski definition) is 3. The van der Waals surface area contributed by atoms with Crippen LogP contribution in [0, 0.1) is 0 Å². The molecule has 1 rings (SSSR count). The number of carboxylic acid groups (broad SMARTS) is 2. The first kappa shape index (κ1) is 9.79. The predicted octanol–water partition coefficient (Wildman–Crippen LogP) is -0.110. The number of piperidine rings is 1. The molecule has 1 fully saturated rings. The molecule has 0 aromatic heterocycles. The van der Waals surface area contributed by atoms with Gasteiger partial charge in [-0.25, -0.2) is 9.59 Å². The van der Waals surface area contributed by atoms with Crippen LogP contribution < -0.4 is 5.73 Å². The lowest BCUT2D eigenvalue weighted by Gasteiger charge is -2.38. The van der Waals surface area contributed by atoms with Crippen molar-refractivity contribution in [3.63, 3.8) is 0 Å². The van der Waals surface area contributed by atoms with E-state index in [4.69, 9.17) is 15.9 Å². The average Bonchev–Trinajstić information content (AvgIpc) is 2.04. The maximum Gasteiger partial charge on any atom is 0.409 e. The minimum Gasteiger partial charge on any atom is -0.478 e. The minimum absolute atomic E-state index is 0.175. The number of nitrogens with two attached hydrogens (primary N) is 1. The quantitative estimate of drug-likeness (QED) is 0.532. The molecule has 0 bridgehead atoms. The maximum absolute atomic E-state index is 10.8. The molecule has 0 aromatic rings. The van der Waals surface area contributed by atoms with Crippen LogP contribution in [0.3, 0.4) is 0 Å². The van der Waals surface area contributed by atoms with Gasteiger partial charge in [0.1, 0.15) is 0 Å². The fourth-order valence-corrected chi connectivity index (χ4v) is 1.49. The van der Waals surface area contributed by atoms with Crippen LogP contribution >= 0.6 is 0 Å². The second-order valence-corrected chi connectivity index (χ2v) is 3.12. The van der Waals surface area contributed by atoms with E-state index in [0.29, 0.717) is 12.8 Å². The molecular formula is C7H12N2O4. The lowest BCUT2D eigenvalue weighted by molar-refractivity contribution is -0.152. The van der Waals surface area contributed by atoms with Crippen LogP contribution in [-0.4, -0.2) is 39.4 Å². The molecular weight excluding hydrogens is 176 g/mol. The van der Waals surface area contributed by atoms with E-state index in [1.165, 1.54) is 0 Å². The molecule has 1 amide bonds. The normalized spacial score (nSPS) is 28.5. The molecule has 4 N–H and O–H groups in total. The Morgan fingerprint density at radius 1 is 1.31 bits per heavy atom. The summed E-state index contributed by atoms with van der Waals surface area (Å²) in [5, 5.41) is 17.5. The Labute approximate surface area is 74.9 Å². The third-order valence-electron chi connectivity index (χ3n) is 2.27. The molecule has 1 heterocycles. The van der Waals surface area contributed by atoms with Crippen LogP contribution in [0.15, 0.2) is 0 Å². The molecule has 6 heteroatoms. The minimum atomic E-state index is -1.73. The molecule has 0 radical (unpaired) electrons. The molecule has 6 nitrogen and oxygen atoms in total. The van der Waals surface area contributed by atoms with Gasteiger partial charge in [0, 0.05) is 6.54 Å². The van der Waals surface area contributed by atoms with Gasteiger partial charge < -0.3 is 10.2 Å².